The van der Waals surface area contributed by atoms with Crippen LogP contribution in [0.25, 0.3) is 0 Å². The van der Waals surface area contributed by atoms with E-state index in [2.05, 4.69) is 23.3 Å². The van der Waals surface area contributed by atoms with Gasteiger partial charge in [0.1, 0.15) is 18.1 Å². The number of hydrogen-bond acceptors (Lipinski definition) is 9. The van der Waals surface area contributed by atoms with Crippen molar-refractivity contribution >= 4 is 48.2 Å². The Hall–Kier alpha value is -2.91. The summed E-state index contributed by atoms with van der Waals surface area (Å²) in [7, 11) is 0. The molecule has 0 fully saturated rings. The molecule has 0 spiro atoms. The van der Waals surface area contributed by atoms with Crippen LogP contribution in [0.5, 0.6) is 0 Å². The van der Waals surface area contributed by atoms with Crippen LogP contribution < -0.4 is 33.2 Å². The summed E-state index contributed by atoms with van der Waals surface area (Å²) < 4.78 is 0. The fourth-order valence-electron chi connectivity index (χ4n) is 2.44. The predicted octanol–water partition coefficient (Wildman–Crippen LogP) is -3.74. The quantitative estimate of drug-likeness (QED) is 0.0773. The smallest absolute Gasteiger partial charge is 0.326 e. The van der Waals surface area contributed by atoms with E-state index in [1.807, 2.05) is 5.32 Å². The molecule has 182 valence electrons. The minimum absolute atomic E-state index is 0.287. The molecule has 0 heterocycles. The Labute approximate surface area is 189 Å². The maximum absolute atomic E-state index is 12.6. The third kappa shape index (κ3) is 11.5. The van der Waals surface area contributed by atoms with Gasteiger partial charge in [0.2, 0.25) is 23.6 Å². The number of carbonyl (C=O) groups is 6. The SMILES string of the molecule is NCCCCC(N)C(=O)NC(CC(N)=O)C(=O)NC(CS)C(=O)NC(CC(=O)O)C(=O)O. The lowest BCUT2D eigenvalue weighted by Crippen LogP contribution is -2.58. The summed E-state index contributed by atoms with van der Waals surface area (Å²) in [4.78, 5) is 70.2. The Balaban J connectivity index is 5.20. The molecule has 15 heteroatoms. The van der Waals surface area contributed by atoms with Gasteiger partial charge in [0.15, 0.2) is 0 Å². The molecule has 0 aromatic carbocycles. The van der Waals surface area contributed by atoms with Gasteiger partial charge in [-0.15, -0.1) is 0 Å². The summed E-state index contributed by atoms with van der Waals surface area (Å²) in [5.74, 6) is -6.98. The topological polar surface area (TPSA) is 257 Å². The van der Waals surface area contributed by atoms with Crippen LogP contribution >= 0.6 is 12.6 Å². The van der Waals surface area contributed by atoms with Gasteiger partial charge < -0.3 is 43.4 Å². The lowest BCUT2D eigenvalue weighted by molar-refractivity contribution is -0.147. The van der Waals surface area contributed by atoms with Crippen molar-refractivity contribution in [3.63, 3.8) is 0 Å². The summed E-state index contributed by atoms with van der Waals surface area (Å²) >= 11 is 3.91. The first-order valence-corrected chi connectivity index (χ1v) is 10.3. The highest BCUT2D eigenvalue weighted by Crippen LogP contribution is 2.02. The first-order valence-electron chi connectivity index (χ1n) is 9.63. The summed E-state index contributed by atoms with van der Waals surface area (Å²) in [6.45, 7) is 0.420. The number of primary amides is 1. The van der Waals surface area contributed by atoms with Crippen LogP contribution in [0.2, 0.25) is 0 Å². The lowest BCUT2D eigenvalue weighted by atomic mass is 10.1. The summed E-state index contributed by atoms with van der Waals surface area (Å²) in [5.41, 5.74) is 16.2. The highest BCUT2D eigenvalue weighted by atomic mass is 32.1. The van der Waals surface area contributed by atoms with Gasteiger partial charge in [-0.3, -0.25) is 24.0 Å². The number of thiol groups is 1. The van der Waals surface area contributed by atoms with E-state index in [9.17, 15) is 28.8 Å². The van der Waals surface area contributed by atoms with Crippen LogP contribution in [0, 0.1) is 0 Å². The molecule has 0 aromatic heterocycles. The van der Waals surface area contributed by atoms with Crippen molar-refractivity contribution in [2.45, 2.75) is 56.3 Å². The maximum atomic E-state index is 12.6. The van der Waals surface area contributed by atoms with Crippen LogP contribution in [0.15, 0.2) is 0 Å². The molecule has 4 amide bonds. The van der Waals surface area contributed by atoms with Crippen LogP contribution in [-0.4, -0.2) is 82.2 Å². The standard InChI is InChI=1S/C17H30N6O8S/c18-4-2-1-3-8(19)14(27)21-9(5-12(20)24)15(28)23-11(7-32)16(29)22-10(17(30)31)6-13(25)26/h8-11,32H,1-7,18-19H2,(H2,20,24)(H,21,27)(H,22,29)(H,23,28)(H,25,26)(H,30,31). The molecule has 0 aromatic rings. The van der Waals surface area contributed by atoms with Gasteiger partial charge in [-0.25, -0.2) is 4.79 Å². The van der Waals surface area contributed by atoms with E-state index in [-0.39, 0.29) is 12.2 Å². The number of aliphatic carboxylic acids is 2. The van der Waals surface area contributed by atoms with Crippen molar-refractivity contribution in [3.8, 4) is 0 Å². The molecule has 0 saturated heterocycles. The molecule has 32 heavy (non-hydrogen) atoms. The second-order valence-corrected chi connectivity index (χ2v) is 7.23. The minimum Gasteiger partial charge on any atom is -0.481 e. The monoisotopic (exact) mass is 478 g/mol. The highest BCUT2D eigenvalue weighted by Gasteiger charge is 2.31. The molecule has 4 atom stereocenters. The van der Waals surface area contributed by atoms with Crippen molar-refractivity contribution in [3.05, 3.63) is 0 Å². The van der Waals surface area contributed by atoms with Gasteiger partial charge in [-0.2, -0.15) is 12.6 Å². The van der Waals surface area contributed by atoms with Crippen molar-refractivity contribution < 1.29 is 39.0 Å². The third-order valence-corrected chi connectivity index (χ3v) is 4.52. The molecule has 0 aliphatic rings. The summed E-state index contributed by atoms with van der Waals surface area (Å²) in [6, 6.07) is -5.56. The normalized spacial score (nSPS) is 14.3. The van der Waals surface area contributed by atoms with E-state index in [1.54, 1.807) is 0 Å². The molecule has 0 rings (SSSR count). The molecule has 0 bridgehead atoms. The maximum Gasteiger partial charge on any atom is 0.326 e. The number of carboxylic acids is 2. The fraction of sp³-hybridized carbons (Fsp3) is 0.647. The Kier molecular flexibility index (Phi) is 13.6. The molecular weight excluding hydrogens is 448 g/mol. The zero-order valence-corrected chi connectivity index (χ0v) is 18.2. The van der Waals surface area contributed by atoms with Crippen molar-refractivity contribution in [1.29, 1.82) is 0 Å². The van der Waals surface area contributed by atoms with E-state index in [0.717, 1.165) is 0 Å². The molecule has 0 saturated carbocycles. The molecule has 0 aliphatic heterocycles. The Morgan fingerprint density at radius 2 is 1.34 bits per heavy atom. The van der Waals surface area contributed by atoms with E-state index in [4.69, 9.17) is 27.4 Å². The van der Waals surface area contributed by atoms with Gasteiger partial charge in [0.05, 0.1) is 18.9 Å². The lowest BCUT2D eigenvalue weighted by Gasteiger charge is -2.23. The fourth-order valence-corrected chi connectivity index (χ4v) is 2.70. The molecule has 11 N–H and O–H groups in total. The number of unbranched alkanes of at least 4 members (excludes halogenated alkanes) is 1. The van der Waals surface area contributed by atoms with Crippen LogP contribution in [-0.2, 0) is 28.8 Å². The van der Waals surface area contributed by atoms with E-state index in [0.29, 0.717) is 19.4 Å². The minimum atomic E-state index is -1.74. The number of carboxylic acid groups (broad SMARTS) is 2. The Morgan fingerprint density at radius 1 is 0.812 bits per heavy atom. The Morgan fingerprint density at radius 3 is 1.81 bits per heavy atom. The average Bonchev–Trinajstić information content (AvgIpc) is 2.69. The van der Waals surface area contributed by atoms with E-state index >= 15 is 0 Å². The average molecular weight is 479 g/mol. The number of carbonyl (C=O) groups excluding carboxylic acids is 4. The number of amides is 4. The second-order valence-electron chi connectivity index (χ2n) is 6.86. The van der Waals surface area contributed by atoms with Crippen LogP contribution in [0.1, 0.15) is 32.1 Å². The zero-order chi connectivity index (χ0) is 24.8. The van der Waals surface area contributed by atoms with Crippen LogP contribution in [0.4, 0.5) is 0 Å². The second kappa shape index (κ2) is 15.0. The summed E-state index contributed by atoms with van der Waals surface area (Å²) in [5, 5.41) is 24.3. The van der Waals surface area contributed by atoms with Gasteiger partial charge in [-0.05, 0) is 19.4 Å². The largest absolute Gasteiger partial charge is 0.481 e. The number of rotatable bonds is 16. The van der Waals surface area contributed by atoms with E-state index in [1.165, 1.54) is 0 Å². The molecule has 0 radical (unpaired) electrons. The van der Waals surface area contributed by atoms with Gasteiger partial charge in [0, 0.05) is 5.75 Å². The number of nitrogens with two attached hydrogens (primary N) is 3. The number of nitrogens with one attached hydrogen (secondary N) is 3. The van der Waals surface area contributed by atoms with Crippen molar-refractivity contribution in [1.82, 2.24) is 16.0 Å². The summed E-state index contributed by atoms with van der Waals surface area (Å²) in [6.07, 6.45) is 0.0160. The number of hydrogen-bond donors (Lipinski definition) is 9. The van der Waals surface area contributed by atoms with Crippen molar-refractivity contribution in [2.24, 2.45) is 17.2 Å². The predicted molar refractivity (Wildman–Crippen MR) is 114 cm³/mol. The first-order chi connectivity index (χ1) is 14.9. The third-order valence-electron chi connectivity index (χ3n) is 4.15. The molecule has 14 nitrogen and oxygen atoms in total. The highest BCUT2D eigenvalue weighted by molar-refractivity contribution is 7.80. The molecule has 0 aliphatic carbocycles. The first kappa shape index (κ1) is 29.1. The molecular formula is C17H30N6O8S. The zero-order valence-electron chi connectivity index (χ0n) is 17.3. The van der Waals surface area contributed by atoms with Gasteiger partial charge in [0.25, 0.3) is 0 Å². The van der Waals surface area contributed by atoms with Crippen LogP contribution in [0.3, 0.4) is 0 Å². The van der Waals surface area contributed by atoms with Gasteiger partial charge in [-0.1, -0.05) is 6.42 Å². The van der Waals surface area contributed by atoms with Gasteiger partial charge >= 0.3 is 11.9 Å². The van der Waals surface area contributed by atoms with Crippen molar-refractivity contribution in [2.75, 3.05) is 12.3 Å². The molecule has 4 unspecified atom stereocenters. The Bertz CT molecular complexity index is 707. The van der Waals surface area contributed by atoms with E-state index < -0.39 is 72.6 Å².